The fraction of sp³-hybridized carbons (Fsp3) is 0.231. The molecule has 0 saturated heterocycles. The van der Waals surface area contributed by atoms with E-state index in [1.807, 2.05) is 0 Å². The number of nitrogens with two attached hydrogens (primary N) is 1. The molecule has 0 saturated carbocycles. The molecule has 110 valence electrons. The van der Waals surface area contributed by atoms with Crippen LogP contribution in [0.4, 0.5) is 11.4 Å². The molecule has 0 radical (unpaired) electrons. The van der Waals surface area contributed by atoms with Crippen molar-refractivity contribution in [2.24, 2.45) is 10.8 Å². The maximum Gasteiger partial charge on any atom is 0.238 e. The zero-order valence-corrected chi connectivity index (χ0v) is 11.8. The molecule has 0 spiro atoms. The first-order valence-corrected chi connectivity index (χ1v) is 6.05. The first-order valence-electron chi connectivity index (χ1n) is 6.05. The fourth-order valence-electron chi connectivity index (χ4n) is 1.42. The van der Waals surface area contributed by atoms with E-state index >= 15 is 0 Å². The van der Waals surface area contributed by atoms with Crippen LogP contribution in [0.5, 0.6) is 0 Å². The lowest BCUT2D eigenvalue weighted by Crippen LogP contribution is -2.27. The Morgan fingerprint density at radius 3 is 2.71 bits per heavy atom. The molecule has 0 unspecified atom stereocenters. The van der Waals surface area contributed by atoms with Crippen LogP contribution in [0.25, 0.3) is 0 Å². The number of anilines is 2. The summed E-state index contributed by atoms with van der Waals surface area (Å²) in [5.41, 5.74) is 8.75. The van der Waals surface area contributed by atoms with Crippen molar-refractivity contribution in [3.05, 3.63) is 24.3 Å². The minimum atomic E-state index is -0.416. The zero-order valence-electron chi connectivity index (χ0n) is 11.8. The SMILES string of the molecule is CN(C)CC(=O)Nc1cccc(N/N=C(\C#N)C(=N)N)c1. The minimum absolute atomic E-state index is 0.137. The van der Waals surface area contributed by atoms with Gasteiger partial charge in [0.2, 0.25) is 11.6 Å². The number of hydrazone groups is 1. The molecule has 0 bridgehead atoms. The van der Waals surface area contributed by atoms with Gasteiger partial charge in [0.25, 0.3) is 0 Å². The van der Waals surface area contributed by atoms with Crippen LogP contribution in [0.2, 0.25) is 0 Å². The van der Waals surface area contributed by atoms with Gasteiger partial charge in [-0.05, 0) is 32.3 Å². The number of hydrogen-bond donors (Lipinski definition) is 4. The standard InChI is InChI=1S/C13H17N7O/c1-20(2)8-12(21)17-9-4-3-5-10(6-9)18-19-11(7-14)13(15)16/h3-6,18H,8H2,1-2H3,(H3,15,16)(H,17,21)/b19-11+. The van der Waals surface area contributed by atoms with Gasteiger partial charge in [0, 0.05) is 5.69 Å². The third-order valence-corrected chi connectivity index (χ3v) is 2.26. The van der Waals surface area contributed by atoms with Crippen molar-refractivity contribution in [2.75, 3.05) is 31.4 Å². The van der Waals surface area contributed by atoms with Crippen molar-refractivity contribution in [2.45, 2.75) is 0 Å². The molecular formula is C13H17N7O. The van der Waals surface area contributed by atoms with Gasteiger partial charge in [0.15, 0.2) is 5.84 Å². The molecule has 8 nitrogen and oxygen atoms in total. The predicted octanol–water partition coefficient (Wildman–Crippen LogP) is 0.414. The molecule has 0 heterocycles. The van der Waals surface area contributed by atoms with Crippen LogP contribution in [-0.4, -0.2) is 43.0 Å². The Bertz CT molecular complexity index is 601. The van der Waals surface area contributed by atoms with Gasteiger partial charge in [-0.1, -0.05) is 6.07 Å². The van der Waals surface area contributed by atoms with E-state index in [4.69, 9.17) is 16.4 Å². The third-order valence-electron chi connectivity index (χ3n) is 2.26. The van der Waals surface area contributed by atoms with E-state index in [1.165, 1.54) is 0 Å². The molecule has 1 aromatic rings. The van der Waals surface area contributed by atoms with Gasteiger partial charge in [-0.2, -0.15) is 10.4 Å². The van der Waals surface area contributed by atoms with E-state index in [9.17, 15) is 4.79 Å². The molecular weight excluding hydrogens is 270 g/mol. The van der Waals surface area contributed by atoms with Crippen LogP contribution < -0.4 is 16.5 Å². The number of nitrogens with one attached hydrogen (secondary N) is 3. The number of hydrogen-bond acceptors (Lipinski definition) is 6. The molecule has 0 aliphatic heterocycles. The van der Waals surface area contributed by atoms with Gasteiger partial charge < -0.3 is 16.0 Å². The Balaban J connectivity index is 2.75. The molecule has 5 N–H and O–H groups in total. The van der Waals surface area contributed by atoms with Gasteiger partial charge in [0.1, 0.15) is 6.07 Å². The lowest BCUT2D eigenvalue weighted by atomic mass is 10.3. The summed E-state index contributed by atoms with van der Waals surface area (Å²) in [6, 6.07) is 8.53. The van der Waals surface area contributed by atoms with E-state index in [0.29, 0.717) is 11.4 Å². The topological polar surface area (TPSA) is 130 Å². The highest BCUT2D eigenvalue weighted by Crippen LogP contribution is 2.15. The number of nitriles is 1. The van der Waals surface area contributed by atoms with Crippen molar-refractivity contribution in [3.63, 3.8) is 0 Å². The molecule has 8 heteroatoms. The van der Waals surface area contributed by atoms with Crippen LogP contribution in [0.1, 0.15) is 0 Å². The molecule has 21 heavy (non-hydrogen) atoms. The quantitative estimate of drug-likeness (QED) is 0.342. The second-order valence-corrected chi connectivity index (χ2v) is 4.46. The number of nitrogens with zero attached hydrogens (tertiary/aromatic N) is 3. The highest BCUT2D eigenvalue weighted by molar-refractivity contribution is 6.45. The zero-order chi connectivity index (χ0) is 15.8. The second-order valence-electron chi connectivity index (χ2n) is 4.46. The van der Waals surface area contributed by atoms with Crippen molar-refractivity contribution < 1.29 is 4.79 Å². The Kier molecular flexibility index (Phi) is 5.85. The summed E-state index contributed by atoms with van der Waals surface area (Å²) in [4.78, 5) is 13.4. The average Bonchev–Trinajstić information content (AvgIpc) is 2.38. The summed E-state index contributed by atoms with van der Waals surface area (Å²) < 4.78 is 0. The molecule has 1 rings (SSSR count). The minimum Gasteiger partial charge on any atom is -0.382 e. The molecule has 0 aliphatic rings. The summed E-state index contributed by atoms with van der Waals surface area (Å²) in [5.74, 6) is -0.553. The maximum atomic E-state index is 11.6. The van der Waals surface area contributed by atoms with E-state index in [2.05, 4.69) is 15.8 Å². The normalized spacial score (nSPS) is 10.9. The number of amides is 1. The maximum absolute atomic E-state index is 11.6. The monoisotopic (exact) mass is 287 g/mol. The van der Waals surface area contributed by atoms with Crippen molar-refractivity contribution in [3.8, 4) is 6.07 Å². The van der Waals surface area contributed by atoms with Gasteiger partial charge >= 0.3 is 0 Å². The summed E-state index contributed by atoms with van der Waals surface area (Å²) >= 11 is 0. The van der Waals surface area contributed by atoms with Crippen molar-refractivity contribution in [1.29, 1.82) is 10.7 Å². The molecule has 0 atom stereocenters. The van der Waals surface area contributed by atoms with Crippen LogP contribution in [0.3, 0.4) is 0 Å². The smallest absolute Gasteiger partial charge is 0.238 e. The molecule has 0 aromatic heterocycles. The Labute approximate surface area is 122 Å². The number of carbonyl (C=O) groups excluding carboxylic acids is 1. The highest BCUT2D eigenvalue weighted by atomic mass is 16.2. The summed E-state index contributed by atoms with van der Waals surface area (Å²) in [6.45, 7) is 0.277. The van der Waals surface area contributed by atoms with Gasteiger partial charge in [-0.3, -0.25) is 15.6 Å². The Morgan fingerprint density at radius 1 is 1.48 bits per heavy atom. The number of amidine groups is 1. The third kappa shape index (κ3) is 5.71. The first-order chi connectivity index (χ1) is 9.92. The van der Waals surface area contributed by atoms with Crippen LogP contribution in [-0.2, 0) is 4.79 Å². The summed E-state index contributed by atoms with van der Waals surface area (Å²) in [7, 11) is 3.61. The number of carbonyl (C=O) groups is 1. The van der Waals surface area contributed by atoms with Crippen molar-refractivity contribution >= 4 is 28.8 Å². The number of rotatable bonds is 6. The van der Waals surface area contributed by atoms with E-state index in [1.54, 1.807) is 49.3 Å². The molecule has 1 aromatic carbocycles. The lowest BCUT2D eigenvalue weighted by molar-refractivity contribution is -0.116. The highest BCUT2D eigenvalue weighted by Gasteiger charge is 2.04. The molecule has 0 aliphatic carbocycles. The van der Waals surface area contributed by atoms with Crippen LogP contribution >= 0.6 is 0 Å². The summed E-state index contributed by atoms with van der Waals surface area (Å²) in [5, 5.41) is 22.3. The fourth-order valence-corrected chi connectivity index (χ4v) is 1.42. The van der Waals surface area contributed by atoms with Crippen LogP contribution in [0, 0.1) is 16.7 Å². The lowest BCUT2D eigenvalue weighted by Gasteiger charge is -2.10. The van der Waals surface area contributed by atoms with E-state index in [-0.39, 0.29) is 18.2 Å². The van der Waals surface area contributed by atoms with Crippen molar-refractivity contribution in [1.82, 2.24) is 4.90 Å². The number of likely N-dealkylation sites (N-methyl/N-ethyl adjacent to an activating group) is 1. The number of benzene rings is 1. The van der Waals surface area contributed by atoms with Gasteiger partial charge in [-0.25, -0.2) is 0 Å². The largest absolute Gasteiger partial charge is 0.382 e. The second kappa shape index (κ2) is 7.62. The molecule has 1 amide bonds. The Hall–Kier alpha value is -2.92. The summed E-state index contributed by atoms with van der Waals surface area (Å²) in [6.07, 6.45) is 0. The molecule has 0 fully saturated rings. The van der Waals surface area contributed by atoms with E-state index < -0.39 is 5.84 Å². The van der Waals surface area contributed by atoms with Crippen LogP contribution in [0.15, 0.2) is 29.4 Å². The predicted molar refractivity (Wildman–Crippen MR) is 82.2 cm³/mol. The first kappa shape index (κ1) is 16.1. The van der Waals surface area contributed by atoms with Gasteiger partial charge in [0.05, 0.1) is 12.2 Å². The van der Waals surface area contributed by atoms with E-state index in [0.717, 1.165) is 0 Å². The Morgan fingerprint density at radius 2 is 2.14 bits per heavy atom. The average molecular weight is 287 g/mol. The van der Waals surface area contributed by atoms with Gasteiger partial charge in [-0.15, -0.1) is 0 Å².